The fourth-order valence-corrected chi connectivity index (χ4v) is 3.25. The van der Waals surface area contributed by atoms with Gasteiger partial charge in [0.15, 0.2) is 0 Å². The first-order valence-electron chi connectivity index (χ1n) is 5.89. The molecule has 1 aliphatic heterocycles. The van der Waals surface area contributed by atoms with Gasteiger partial charge in [-0.25, -0.2) is 8.42 Å². The first-order valence-corrected chi connectivity index (χ1v) is 7.37. The number of sulfonamides is 1. The van der Waals surface area contributed by atoms with Gasteiger partial charge in [0.2, 0.25) is 10.0 Å². The molecule has 0 amide bonds. The number of methoxy groups -OCH3 is 2. The van der Waals surface area contributed by atoms with Gasteiger partial charge < -0.3 is 14.2 Å². The third kappa shape index (κ3) is 2.86. The summed E-state index contributed by atoms with van der Waals surface area (Å²) in [5.41, 5.74) is 0. The minimum Gasteiger partial charge on any atom is -0.497 e. The van der Waals surface area contributed by atoms with E-state index in [2.05, 4.69) is 4.72 Å². The van der Waals surface area contributed by atoms with Gasteiger partial charge in [-0.1, -0.05) is 0 Å². The van der Waals surface area contributed by atoms with Crippen LogP contribution in [0.2, 0.25) is 0 Å². The molecule has 0 bridgehead atoms. The van der Waals surface area contributed by atoms with E-state index in [1.165, 1.54) is 26.4 Å². The second kappa shape index (κ2) is 5.68. The molecule has 0 aliphatic carbocycles. The number of rotatable bonds is 5. The number of carbonyl (C=O) groups is 1. The molecule has 1 fully saturated rings. The van der Waals surface area contributed by atoms with Crippen molar-refractivity contribution in [3.63, 3.8) is 0 Å². The van der Waals surface area contributed by atoms with Gasteiger partial charge in [0.05, 0.1) is 20.8 Å². The normalized spacial score (nSPS) is 18.7. The molecule has 1 N–H and O–H groups in total. The predicted octanol–water partition coefficient (Wildman–Crippen LogP) is 0.298. The second-order valence-corrected chi connectivity index (χ2v) is 5.83. The van der Waals surface area contributed by atoms with Gasteiger partial charge in [0.25, 0.3) is 0 Å². The number of ether oxygens (including phenoxy) is 3. The lowest BCUT2D eigenvalue weighted by molar-refractivity contribution is -0.139. The largest absolute Gasteiger partial charge is 0.497 e. The zero-order chi connectivity index (χ0) is 14.8. The van der Waals surface area contributed by atoms with Crippen molar-refractivity contribution in [3.05, 3.63) is 18.2 Å². The number of nitrogens with one attached hydrogen (secondary N) is 1. The number of hydrogen-bond donors (Lipinski definition) is 1. The topological polar surface area (TPSA) is 90.9 Å². The highest BCUT2D eigenvalue weighted by Gasteiger charge is 2.32. The number of carbonyl (C=O) groups excluding carboxylic acids is 1. The van der Waals surface area contributed by atoms with Crippen LogP contribution >= 0.6 is 0 Å². The van der Waals surface area contributed by atoms with Crippen LogP contribution in [0.1, 0.15) is 6.42 Å². The Balaban J connectivity index is 2.35. The van der Waals surface area contributed by atoms with E-state index >= 15 is 0 Å². The van der Waals surface area contributed by atoms with Gasteiger partial charge in [-0.3, -0.25) is 4.79 Å². The Morgan fingerprint density at radius 3 is 2.60 bits per heavy atom. The molecule has 1 atom stereocenters. The summed E-state index contributed by atoms with van der Waals surface area (Å²) in [6.07, 6.45) is 0.310. The first kappa shape index (κ1) is 14.6. The molecule has 1 aromatic carbocycles. The molecule has 20 heavy (non-hydrogen) atoms. The summed E-state index contributed by atoms with van der Waals surface area (Å²) in [7, 11) is -1.11. The average Bonchev–Trinajstić information content (AvgIpc) is 2.83. The maximum Gasteiger partial charge on any atom is 0.324 e. The second-order valence-electron chi connectivity index (χ2n) is 4.15. The molecule has 0 aromatic heterocycles. The van der Waals surface area contributed by atoms with E-state index in [-0.39, 0.29) is 17.3 Å². The van der Waals surface area contributed by atoms with E-state index in [1.54, 1.807) is 6.07 Å². The molecule has 1 saturated heterocycles. The Labute approximate surface area is 116 Å². The summed E-state index contributed by atoms with van der Waals surface area (Å²) in [5.74, 6) is -0.0275. The molecular weight excluding hydrogens is 286 g/mol. The Hall–Kier alpha value is -1.80. The molecular formula is C12H15NO6S. The monoisotopic (exact) mass is 301 g/mol. The van der Waals surface area contributed by atoms with Crippen molar-refractivity contribution in [2.75, 3.05) is 20.8 Å². The molecule has 1 unspecified atom stereocenters. The Morgan fingerprint density at radius 2 is 2.05 bits per heavy atom. The summed E-state index contributed by atoms with van der Waals surface area (Å²) in [4.78, 5) is 11.3. The number of cyclic esters (lactones) is 1. The summed E-state index contributed by atoms with van der Waals surface area (Å²) < 4.78 is 41.7. The van der Waals surface area contributed by atoms with Crippen LogP contribution in [-0.4, -0.2) is 41.3 Å². The zero-order valence-electron chi connectivity index (χ0n) is 11.1. The van der Waals surface area contributed by atoms with Crippen LogP contribution < -0.4 is 14.2 Å². The van der Waals surface area contributed by atoms with Gasteiger partial charge in [-0.05, 0) is 12.1 Å². The van der Waals surface area contributed by atoms with Crippen LogP contribution in [0.5, 0.6) is 11.5 Å². The fourth-order valence-electron chi connectivity index (χ4n) is 1.85. The number of benzene rings is 1. The lowest BCUT2D eigenvalue weighted by atomic mass is 10.3. The van der Waals surface area contributed by atoms with Gasteiger partial charge >= 0.3 is 5.97 Å². The van der Waals surface area contributed by atoms with Gasteiger partial charge in [0.1, 0.15) is 22.4 Å². The SMILES string of the molecule is COc1ccc(OC)c(S(=O)(=O)NC2CCOC2=O)c1. The molecule has 8 heteroatoms. The van der Waals surface area contributed by atoms with Crippen molar-refractivity contribution in [2.45, 2.75) is 17.4 Å². The summed E-state index contributed by atoms with van der Waals surface area (Å²) in [6, 6.07) is 3.54. The van der Waals surface area contributed by atoms with Crippen LogP contribution in [0.3, 0.4) is 0 Å². The van der Waals surface area contributed by atoms with E-state index in [9.17, 15) is 13.2 Å². The van der Waals surface area contributed by atoms with Crippen molar-refractivity contribution >= 4 is 16.0 Å². The molecule has 0 radical (unpaired) electrons. The van der Waals surface area contributed by atoms with Crippen molar-refractivity contribution in [1.29, 1.82) is 0 Å². The van der Waals surface area contributed by atoms with E-state index in [0.29, 0.717) is 12.2 Å². The minimum absolute atomic E-state index is 0.0842. The fraction of sp³-hybridized carbons (Fsp3) is 0.417. The molecule has 1 heterocycles. The maximum atomic E-state index is 12.3. The molecule has 0 saturated carbocycles. The van der Waals surface area contributed by atoms with Crippen LogP contribution in [0, 0.1) is 0 Å². The van der Waals surface area contributed by atoms with Gasteiger partial charge in [-0.15, -0.1) is 0 Å². The third-order valence-electron chi connectivity index (χ3n) is 2.89. The highest BCUT2D eigenvalue weighted by Crippen LogP contribution is 2.28. The highest BCUT2D eigenvalue weighted by atomic mass is 32.2. The van der Waals surface area contributed by atoms with Crippen LogP contribution in [-0.2, 0) is 19.6 Å². The van der Waals surface area contributed by atoms with Gasteiger partial charge in [-0.2, -0.15) is 4.72 Å². The Kier molecular flexibility index (Phi) is 4.15. The number of hydrogen-bond acceptors (Lipinski definition) is 6. The molecule has 7 nitrogen and oxygen atoms in total. The van der Waals surface area contributed by atoms with Gasteiger partial charge in [0, 0.05) is 12.5 Å². The van der Waals surface area contributed by atoms with Crippen molar-refractivity contribution in [1.82, 2.24) is 4.72 Å². The Bertz CT molecular complexity index is 612. The predicted molar refractivity (Wildman–Crippen MR) is 69.2 cm³/mol. The highest BCUT2D eigenvalue weighted by molar-refractivity contribution is 7.89. The summed E-state index contributed by atoms with van der Waals surface area (Å²) in [5, 5.41) is 0. The maximum absolute atomic E-state index is 12.3. The lowest BCUT2D eigenvalue weighted by Crippen LogP contribution is -2.38. The van der Waals surface area contributed by atoms with E-state index < -0.39 is 22.0 Å². The van der Waals surface area contributed by atoms with E-state index in [1.807, 2.05) is 0 Å². The Morgan fingerprint density at radius 1 is 1.30 bits per heavy atom. The first-order chi connectivity index (χ1) is 9.47. The number of esters is 1. The van der Waals surface area contributed by atoms with Crippen LogP contribution in [0.15, 0.2) is 23.1 Å². The molecule has 0 spiro atoms. The van der Waals surface area contributed by atoms with E-state index in [4.69, 9.17) is 14.2 Å². The average molecular weight is 301 g/mol. The minimum atomic E-state index is -3.91. The quantitative estimate of drug-likeness (QED) is 0.786. The third-order valence-corrected chi connectivity index (χ3v) is 4.39. The summed E-state index contributed by atoms with van der Waals surface area (Å²) in [6.45, 7) is 0.210. The summed E-state index contributed by atoms with van der Waals surface area (Å²) >= 11 is 0. The molecule has 1 aromatic rings. The smallest absolute Gasteiger partial charge is 0.324 e. The lowest BCUT2D eigenvalue weighted by Gasteiger charge is -2.13. The molecule has 110 valence electrons. The zero-order valence-corrected chi connectivity index (χ0v) is 11.9. The van der Waals surface area contributed by atoms with E-state index in [0.717, 1.165) is 0 Å². The van der Waals surface area contributed by atoms with Crippen LogP contribution in [0.4, 0.5) is 0 Å². The standard InChI is InChI=1S/C12H15NO6S/c1-17-8-3-4-10(18-2)11(7-8)20(15,16)13-9-5-6-19-12(9)14/h3-4,7,9,13H,5-6H2,1-2H3. The van der Waals surface area contributed by atoms with Crippen molar-refractivity contribution in [3.8, 4) is 11.5 Å². The van der Waals surface area contributed by atoms with Crippen molar-refractivity contribution in [2.24, 2.45) is 0 Å². The van der Waals surface area contributed by atoms with Crippen molar-refractivity contribution < 1.29 is 27.4 Å². The molecule has 1 aliphatic rings. The molecule has 2 rings (SSSR count). The van der Waals surface area contributed by atoms with Crippen LogP contribution in [0.25, 0.3) is 0 Å².